The molecule has 0 amide bonds. The normalized spacial score (nSPS) is 20.4. The van der Waals surface area contributed by atoms with E-state index >= 15 is 0 Å². The van der Waals surface area contributed by atoms with Crippen molar-refractivity contribution in [2.45, 2.75) is 38.0 Å². The molecule has 4 rings (SSSR count). The molecule has 1 unspecified atom stereocenters. The molecule has 0 aliphatic heterocycles. The standard InChI is InChI=1S/C25H30N2/c1-27(2)17-18-12-13-21(16-18)23-15-14-19-8-6-7-11-22(19)24(23)25(26)20-9-4-3-5-10-20/h6-8,11-16,20-21,26H,3-5,9-10,17H2,1-2H3. The number of allylic oxidation sites excluding steroid dienone is 2. The van der Waals surface area contributed by atoms with Crippen LogP contribution in [0.1, 0.15) is 49.1 Å². The fourth-order valence-electron chi connectivity index (χ4n) is 4.70. The van der Waals surface area contributed by atoms with Gasteiger partial charge in [0.25, 0.3) is 0 Å². The van der Waals surface area contributed by atoms with Gasteiger partial charge in [-0.2, -0.15) is 0 Å². The summed E-state index contributed by atoms with van der Waals surface area (Å²) in [7, 11) is 4.23. The maximum Gasteiger partial charge on any atom is 0.0426 e. The van der Waals surface area contributed by atoms with Crippen LogP contribution in [0.3, 0.4) is 0 Å². The molecule has 1 saturated carbocycles. The van der Waals surface area contributed by atoms with Crippen molar-refractivity contribution in [3.05, 3.63) is 71.3 Å². The van der Waals surface area contributed by atoms with Crippen LogP contribution in [0, 0.1) is 11.3 Å². The molecule has 0 aromatic heterocycles. The van der Waals surface area contributed by atoms with E-state index in [0.717, 1.165) is 12.3 Å². The molecule has 2 aliphatic carbocycles. The van der Waals surface area contributed by atoms with Gasteiger partial charge in [0.1, 0.15) is 0 Å². The lowest BCUT2D eigenvalue weighted by Crippen LogP contribution is -2.20. The minimum Gasteiger partial charge on any atom is -0.305 e. The van der Waals surface area contributed by atoms with E-state index in [4.69, 9.17) is 5.41 Å². The van der Waals surface area contributed by atoms with Crippen LogP contribution >= 0.6 is 0 Å². The average molecular weight is 359 g/mol. The Balaban J connectivity index is 1.78. The van der Waals surface area contributed by atoms with Crippen molar-refractivity contribution in [1.29, 1.82) is 5.41 Å². The third-order valence-electron chi connectivity index (χ3n) is 6.01. The third kappa shape index (κ3) is 3.77. The molecule has 0 heterocycles. The predicted octanol–water partition coefficient (Wildman–Crippen LogP) is 5.93. The fourth-order valence-corrected chi connectivity index (χ4v) is 4.70. The van der Waals surface area contributed by atoms with Crippen molar-refractivity contribution in [1.82, 2.24) is 4.90 Å². The molecule has 1 atom stereocenters. The Morgan fingerprint density at radius 3 is 2.59 bits per heavy atom. The van der Waals surface area contributed by atoms with Crippen LogP contribution in [0.5, 0.6) is 0 Å². The highest BCUT2D eigenvalue weighted by atomic mass is 15.0. The van der Waals surface area contributed by atoms with Crippen molar-refractivity contribution in [3.8, 4) is 0 Å². The van der Waals surface area contributed by atoms with E-state index in [1.165, 1.54) is 59.6 Å². The first kappa shape index (κ1) is 18.2. The van der Waals surface area contributed by atoms with Gasteiger partial charge < -0.3 is 10.3 Å². The maximum atomic E-state index is 9.12. The first-order chi connectivity index (χ1) is 13.1. The summed E-state index contributed by atoms with van der Waals surface area (Å²) in [5.41, 5.74) is 4.73. The Hall–Kier alpha value is -2.19. The molecule has 0 saturated heterocycles. The van der Waals surface area contributed by atoms with Crippen molar-refractivity contribution in [2.24, 2.45) is 5.92 Å². The first-order valence-corrected chi connectivity index (χ1v) is 10.3. The minimum atomic E-state index is 0.281. The van der Waals surface area contributed by atoms with Crippen LogP contribution in [-0.4, -0.2) is 31.3 Å². The number of likely N-dealkylation sites (N-methyl/N-ethyl adjacent to an activating group) is 1. The second-order valence-corrected chi connectivity index (χ2v) is 8.36. The van der Waals surface area contributed by atoms with Crippen LogP contribution < -0.4 is 0 Å². The summed E-state index contributed by atoms with van der Waals surface area (Å²) in [6.07, 6.45) is 13.1. The lowest BCUT2D eigenvalue weighted by Gasteiger charge is -2.26. The fraction of sp³-hybridized carbons (Fsp3) is 0.400. The van der Waals surface area contributed by atoms with Gasteiger partial charge in [-0.25, -0.2) is 0 Å². The Labute approximate surface area is 163 Å². The zero-order chi connectivity index (χ0) is 18.8. The molecule has 0 radical (unpaired) electrons. The molecule has 2 heteroatoms. The highest BCUT2D eigenvalue weighted by Gasteiger charge is 2.25. The summed E-state index contributed by atoms with van der Waals surface area (Å²) in [6, 6.07) is 13.1. The van der Waals surface area contributed by atoms with Crippen LogP contribution in [-0.2, 0) is 0 Å². The van der Waals surface area contributed by atoms with E-state index < -0.39 is 0 Å². The Morgan fingerprint density at radius 2 is 1.81 bits per heavy atom. The van der Waals surface area contributed by atoms with Crippen LogP contribution in [0.25, 0.3) is 10.8 Å². The molecule has 27 heavy (non-hydrogen) atoms. The van der Waals surface area contributed by atoms with Gasteiger partial charge in [-0.15, -0.1) is 0 Å². The van der Waals surface area contributed by atoms with Crippen LogP contribution in [0.15, 0.2) is 60.2 Å². The van der Waals surface area contributed by atoms with E-state index in [2.05, 4.69) is 73.6 Å². The summed E-state index contributed by atoms with van der Waals surface area (Å²) in [5, 5.41) is 11.6. The average Bonchev–Trinajstić information content (AvgIpc) is 3.14. The number of hydrogen-bond donors (Lipinski definition) is 1. The minimum absolute atomic E-state index is 0.281. The van der Waals surface area contributed by atoms with E-state index in [9.17, 15) is 0 Å². The third-order valence-corrected chi connectivity index (χ3v) is 6.01. The van der Waals surface area contributed by atoms with Crippen LogP contribution in [0.2, 0.25) is 0 Å². The van der Waals surface area contributed by atoms with Gasteiger partial charge in [-0.3, -0.25) is 0 Å². The van der Waals surface area contributed by atoms with Crippen molar-refractivity contribution in [3.63, 3.8) is 0 Å². The number of hydrogen-bond acceptors (Lipinski definition) is 2. The summed E-state index contributed by atoms with van der Waals surface area (Å²) in [5.74, 6) is 0.697. The zero-order valence-corrected chi connectivity index (χ0v) is 16.5. The van der Waals surface area contributed by atoms with Crippen molar-refractivity contribution < 1.29 is 0 Å². The number of nitrogens with zero attached hydrogens (tertiary/aromatic N) is 1. The zero-order valence-electron chi connectivity index (χ0n) is 16.5. The molecule has 2 aromatic rings. The van der Waals surface area contributed by atoms with Gasteiger partial charge in [0.15, 0.2) is 0 Å². The van der Waals surface area contributed by atoms with Crippen molar-refractivity contribution in [2.75, 3.05) is 20.6 Å². The molecule has 0 bridgehead atoms. The Bertz CT molecular complexity index is 898. The molecular weight excluding hydrogens is 328 g/mol. The molecule has 1 fully saturated rings. The van der Waals surface area contributed by atoms with Gasteiger partial charge in [-0.05, 0) is 48.8 Å². The van der Waals surface area contributed by atoms with E-state index in [-0.39, 0.29) is 5.92 Å². The molecule has 2 aromatic carbocycles. The van der Waals surface area contributed by atoms with E-state index in [1.54, 1.807) is 0 Å². The quantitative estimate of drug-likeness (QED) is 0.659. The summed E-state index contributed by atoms with van der Waals surface area (Å²) >= 11 is 0. The molecule has 2 nitrogen and oxygen atoms in total. The SMILES string of the molecule is CN(C)CC1=CC(c2ccc3ccccc3c2C(=N)C2CCCCC2)C=C1. The highest BCUT2D eigenvalue weighted by Crippen LogP contribution is 2.37. The Kier molecular flexibility index (Phi) is 5.27. The number of rotatable bonds is 5. The first-order valence-electron chi connectivity index (χ1n) is 10.3. The van der Waals surface area contributed by atoms with Gasteiger partial charge in [0.05, 0.1) is 0 Å². The number of benzene rings is 2. The van der Waals surface area contributed by atoms with Gasteiger partial charge in [0.2, 0.25) is 0 Å². The summed E-state index contributed by atoms with van der Waals surface area (Å²) < 4.78 is 0. The predicted molar refractivity (Wildman–Crippen MR) is 116 cm³/mol. The lowest BCUT2D eigenvalue weighted by atomic mass is 9.79. The monoisotopic (exact) mass is 358 g/mol. The number of nitrogens with one attached hydrogen (secondary N) is 1. The maximum absolute atomic E-state index is 9.12. The van der Waals surface area contributed by atoms with Gasteiger partial charge >= 0.3 is 0 Å². The number of fused-ring (bicyclic) bond motifs is 1. The molecular formula is C25H30N2. The van der Waals surface area contributed by atoms with Gasteiger partial charge in [-0.1, -0.05) is 73.9 Å². The topological polar surface area (TPSA) is 27.1 Å². The highest BCUT2D eigenvalue weighted by molar-refractivity contribution is 6.12. The largest absolute Gasteiger partial charge is 0.305 e. The van der Waals surface area contributed by atoms with Crippen molar-refractivity contribution >= 4 is 16.5 Å². The molecule has 140 valence electrons. The van der Waals surface area contributed by atoms with E-state index in [0.29, 0.717) is 5.92 Å². The lowest BCUT2D eigenvalue weighted by molar-refractivity contribution is 0.438. The van der Waals surface area contributed by atoms with Gasteiger partial charge in [0, 0.05) is 29.7 Å². The smallest absolute Gasteiger partial charge is 0.0426 e. The molecule has 2 aliphatic rings. The summed E-state index contributed by atoms with van der Waals surface area (Å²) in [4.78, 5) is 2.21. The second-order valence-electron chi connectivity index (χ2n) is 8.36. The summed E-state index contributed by atoms with van der Waals surface area (Å²) in [6.45, 7) is 0.968. The molecule has 1 N–H and O–H groups in total. The second kappa shape index (κ2) is 7.82. The van der Waals surface area contributed by atoms with Crippen LogP contribution in [0.4, 0.5) is 0 Å². The molecule has 0 spiro atoms. The van der Waals surface area contributed by atoms with E-state index in [1.807, 2.05) is 0 Å². The Morgan fingerprint density at radius 1 is 1.04 bits per heavy atom.